The van der Waals surface area contributed by atoms with E-state index in [1.807, 2.05) is 30.6 Å². The molecule has 3 rings (SSSR count). The van der Waals surface area contributed by atoms with Gasteiger partial charge >= 0.3 is 0 Å². The number of pyridine rings is 1. The number of nitrogens with zero attached hydrogens (tertiary/aromatic N) is 1. The number of nitrogens with two attached hydrogens (primary N) is 1. The summed E-state index contributed by atoms with van der Waals surface area (Å²) in [5, 5.41) is 5.53. The first-order valence-electron chi connectivity index (χ1n) is 6.83. The van der Waals surface area contributed by atoms with Gasteiger partial charge in [0.25, 0.3) is 0 Å². The van der Waals surface area contributed by atoms with Crippen molar-refractivity contribution in [3.05, 3.63) is 72.3 Å². The third kappa shape index (κ3) is 2.85. The Morgan fingerprint density at radius 2 is 1.81 bits per heavy atom. The maximum Gasteiger partial charge on any atom is 0.123 e. The Kier molecular flexibility index (Phi) is 3.79. The van der Waals surface area contributed by atoms with Gasteiger partial charge in [-0.15, -0.1) is 0 Å². The van der Waals surface area contributed by atoms with Crippen molar-refractivity contribution in [3.8, 4) is 0 Å². The first-order valence-corrected chi connectivity index (χ1v) is 6.83. The summed E-state index contributed by atoms with van der Waals surface area (Å²) in [6.45, 7) is 0.424. The second-order valence-electron chi connectivity index (χ2n) is 4.89. The number of hydrogen-bond acceptors (Lipinski definition) is 3. The molecule has 2 aromatic carbocycles. The lowest BCUT2D eigenvalue weighted by Crippen LogP contribution is -2.21. The molecule has 1 aromatic heterocycles. The van der Waals surface area contributed by atoms with E-state index in [4.69, 9.17) is 5.73 Å². The van der Waals surface area contributed by atoms with Crippen LogP contribution in [0.3, 0.4) is 0 Å². The molecule has 4 heteroatoms. The van der Waals surface area contributed by atoms with Crippen LogP contribution in [0.15, 0.2) is 60.9 Å². The van der Waals surface area contributed by atoms with E-state index in [9.17, 15) is 4.39 Å². The van der Waals surface area contributed by atoms with Crippen molar-refractivity contribution in [2.45, 2.75) is 6.04 Å². The van der Waals surface area contributed by atoms with E-state index in [-0.39, 0.29) is 11.9 Å². The fraction of sp³-hybridized carbons (Fsp3) is 0.118. The maximum atomic E-state index is 13.0. The van der Waals surface area contributed by atoms with E-state index in [0.29, 0.717) is 6.54 Å². The Morgan fingerprint density at radius 3 is 2.57 bits per heavy atom. The highest BCUT2D eigenvalue weighted by Gasteiger charge is 2.13. The maximum absolute atomic E-state index is 13.0. The third-order valence-corrected chi connectivity index (χ3v) is 3.50. The second kappa shape index (κ2) is 5.89. The highest BCUT2D eigenvalue weighted by Crippen LogP contribution is 2.25. The minimum atomic E-state index is -0.253. The molecule has 3 N–H and O–H groups in total. The van der Waals surface area contributed by atoms with Crippen molar-refractivity contribution in [2.24, 2.45) is 5.73 Å². The predicted octanol–water partition coefficient (Wildman–Crippen LogP) is 3.49. The summed E-state index contributed by atoms with van der Waals surface area (Å²) >= 11 is 0. The number of aromatic nitrogens is 1. The van der Waals surface area contributed by atoms with Gasteiger partial charge in [-0.1, -0.05) is 24.3 Å². The number of nitrogens with one attached hydrogen (secondary N) is 1. The van der Waals surface area contributed by atoms with E-state index >= 15 is 0 Å². The highest BCUT2D eigenvalue weighted by molar-refractivity contribution is 5.85. The third-order valence-electron chi connectivity index (χ3n) is 3.50. The number of rotatable bonds is 4. The molecule has 0 bridgehead atoms. The lowest BCUT2D eigenvalue weighted by Gasteiger charge is -2.20. The number of halogens is 1. The van der Waals surface area contributed by atoms with Crippen molar-refractivity contribution < 1.29 is 4.39 Å². The summed E-state index contributed by atoms with van der Waals surface area (Å²) in [6, 6.07) is 14.3. The molecule has 1 heterocycles. The Hall–Kier alpha value is -2.46. The van der Waals surface area contributed by atoms with Crippen LogP contribution in [0.4, 0.5) is 10.1 Å². The first-order chi connectivity index (χ1) is 10.3. The molecule has 106 valence electrons. The molecule has 0 aliphatic rings. The fourth-order valence-electron chi connectivity index (χ4n) is 2.43. The van der Waals surface area contributed by atoms with Crippen LogP contribution >= 0.6 is 0 Å². The molecule has 21 heavy (non-hydrogen) atoms. The van der Waals surface area contributed by atoms with Crippen LogP contribution in [0.2, 0.25) is 0 Å². The quantitative estimate of drug-likeness (QED) is 0.769. The molecule has 0 radical (unpaired) electrons. The lowest BCUT2D eigenvalue weighted by atomic mass is 10.0. The van der Waals surface area contributed by atoms with Gasteiger partial charge in [-0.25, -0.2) is 4.39 Å². The Labute approximate surface area is 122 Å². The van der Waals surface area contributed by atoms with Crippen LogP contribution in [-0.2, 0) is 0 Å². The SMILES string of the molecule is NCC(Nc1ccc(F)cc1)c1cncc2ccccc12. The molecule has 0 fully saturated rings. The van der Waals surface area contributed by atoms with Crippen LogP contribution in [0.25, 0.3) is 10.8 Å². The molecule has 0 aliphatic heterocycles. The molecule has 0 aliphatic carbocycles. The molecular weight excluding hydrogens is 265 g/mol. The molecule has 3 aromatic rings. The van der Waals surface area contributed by atoms with E-state index in [1.165, 1.54) is 12.1 Å². The Balaban J connectivity index is 1.96. The summed E-state index contributed by atoms with van der Waals surface area (Å²) in [5.41, 5.74) is 7.78. The van der Waals surface area contributed by atoms with Crippen molar-refractivity contribution >= 4 is 16.5 Å². The number of anilines is 1. The number of benzene rings is 2. The van der Waals surface area contributed by atoms with Gasteiger partial charge in [0.05, 0.1) is 6.04 Å². The molecule has 0 spiro atoms. The molecule has 0 amide bonds. The zero-order chi connectivity index (χ0) is 14.7. The van der Waals surface area contributed by atoms with Crippen LogP contribution < -0.4 is 11.1 Å². The van der Waals surface area contributed by atoms with Crippen LogP contribution in [0, 0.1) is 5.82 Å². The van der Waals surface area contributed by atoms with E-state index in [2.05, 4.69) is 16.4 Å². The molecule has 0 saturated heterocycles. The number of hydrogen-bond donors (Lipinski definition) is 2. The van der Waals surface area contributed by atoms with Gasteiger partial charge < -0.3 is 11.1 Å². The average molecular weight is 281 g/mol. The summed E-state index contributed by atoms with van der Waals surface area (Å²) < 4.78 is 13.0. The van der Waals surface area contributed by atoms with E-state index in [0.717, 1.165) is 22.0 Å². The van der Waals surface area contributed by atoms with Crippen molar-refractivity contribution in [1.29, 1.82) is 0 Å². The van der Waals surface area contributed by atoms with Crippen molar-refractivity contribution in [2.75, 3.05) is 11.9 Å². The van der Waals surface area contributed by atoms with Gasteiger partial charge in [0, 0.05) is 35.6 Å². The number of fused-ring (bicyclic) bond motifs is 1. The van der Waals surface area contributed by atoms with Crippen molar-refractivity contribution in [1.82, 2.24) is 4.98 Å². The molecule has 1 unspecified atom stereocenters. The fourth-order valence-corrected chi connectivity index (χ4v) is 2.43. The monoisotopic (exact) mass is 281 g/mol. The minimum absolute atomic E-state index is 0.0749. The summed E-state index contributed by atoms with van der Waals surface area (Å²) in [5.74, 6) is -0.253. The zero-order valence-electron chi connectivity index (χ0n) is 11.5. The summed E-state index contributed by atoms with van der Waals surface area (Å²) in [4.78, 5) is 4.28. The minimum Gasteiger partial charge on any atom is -0.377 e. The topological polar surface area (TPSA) is 50.9 Å². The second-order valence-corrected chi connectivity index (χ2v) is 4.89. The zero-order valence-corrected chi connectivity index (χ0v) is 11.5. The van der Waals surface area contributed by atoms with Gasteiger partial charge in [0.1, 0.15) is 5.82 Å². The summed E-state index contributed by atoms with van der Waals surface area (Å²) in [7, 11) is 0. The highest BCUT2D eigenvalue weighted by atomic mass is 19.1. The molecular formula is C17H16FN3. The van der Waals surface area contributed by atoms with Gasteiger partial charge in [-0.05, 0) is 29.7 Å². The van der Waals surface area contributed by atoms with Gasteiger partial charge in [0.15, 0.2) is 0 Å². The molecule has 3 nitrogen and oxygen atoms in total. The largest absolute Gasteiger partial charge is 0.377 e. The molecule has 0 saturated carbocycles. The van der Waals surface area contributed by atoms with Crippen molar-refractivity contribution in [3.63, 3.8) is 0 Å². The van der Waals surface area contributed by atoms with Crippen LogP contribution in [0.5, 0.6) is 0 Å². The van der Waals surface area contributed by atoms with E-state index < -0.39 is 0 Å². The average Bonchev–Trinajstić information content (AvgIpc) is 2.54. The lowest BCUT2D eigenvalue weighted by molar-refractivity contribution is 0.628. The normalized spacial score (nSPS) is 12.3. The smallest absolute Gasteiger partial charge is 0.123 e. The van der Waals surface area contributed by atoms with E-state index in [1.54, 1.807) is 12.1 Å². The first kappa shape index (κ1) is 13.5. The predicted molar refractivity (Wildman–Crippen MR) is 83.6 cm³/mol. The van der Waals surface area contributed by atoms with Gasteiger partial charge in [-0.2, -0.15) is 0 Å². The van der Waals surface area contributed by atoms with Gasteiger partial charge in [-0.3, -0.25) is 4.98 Å². The summed E-state index contributed by atoms with van der Waals surface area (Å²) in [6.07, 6.45) is 3.67. The van der Waals surface area contributed by atoms with Gasteiger partial charge in [0.2, 0.25) is 0 Å². The Bertz CT molecular complexity index is 735. The van der Waals surface area contributed by atoms with Crippen LogP contribution in [0.1, 0.15) is 11.6 Å². The molecule has 1 atom stereocenters. The Morgan fingerprint density at radius 1 is 1.05 bits per heavy atom. The van der Waals surface area contributed by atoms with Crippen LogP contribution in [-0.4, -0.2) is 11.5 Å². The standard InChI is InChI=1S/C17H16FN3/c18-13-5-7-14(8-6-13)21-17(9-19)16-11-20-10-12-3-1-2-4-15(12)16/h1-8,10-11,17,21H,9,19H2.